The Morgan fingerprint density at radius 2 is 2.17 bits per heavy atom. The van der Waals surface area contributed by atoms with Crippen LogP contribution in [0.15, 0.2) is 35.3 Å². The number of nitrogens with one attached hydrogen (secondary N) is 1. The van der Waals surface area contributed by atoms with E-state index in [-0.39, 0.29) is 0 Å². The molecular formula is C19H32N4O. The Morgan fingerprint density at radius 1 is 1.33 bits per heavy atom. The molecule has 134 valence electrons. The number of ether oxygens (including phenoxy) is 1. The summed E-state index contributed by atoms with van der Waals surface area (Å²) in [4.78, 5) is 6.98. The Hall–Kier alpha value is -1.59. The van der Waals surface area contributed by atoms with Gasteiger partial charge in [-0.3, -0.25) is 9.89 Å². The molecule has 1 saturated heterocycles. The first kappa shape index (κ1) is 18.7. The van der Waals surface area contributed by atoms with Gasteiger partial charge in [-0.25, -0.2) is 0 Å². The van der Waals surface area contributed by atoms with Crippen molar-refractivity contribution in [2.75, 3.05) is 32.8 Å². The van der Waals surface area contributed by atoms with Gasteiger partial charge in [0.1, 0.15) is 0 Å². The van der Waals surface area contributed by atoms with Gasteiger partial charge in [-0.15, -0.1) is 0 Å². The average molecular weight is 332 g/mol. The second-order valence-electron chi connectivity index (χ2n) is 6.32. The number of benzene rings is 1. The molecule has 1 heterocycles. The lowest BCUT2D eigenvalue weighted by molar-refractivity contribution is 0.117. The second-order valence-corrected chi connectivity index (χ2v) is 6.32. The van der Waals surface area contributed by atoms with Crippen LogP contribution < -0.4 is 11.1 Å². The molecule has 1 aromatic carbocycles. The highest BCUT2D eigenvalue weighted by Gasteiger charge is 2.22. The Morgan fingerprint density at radius 3 is 2.96 bits per heavy atom. The molecule has 24 heavy (non-hydrogen) atoms. The van der Waals surface area contributed by atoms with Crippen LogP contribution in [-0.2, 0) is 11.3 Å². The molecule has 0 amide bonds. The van der Waals surface area contributed by atoms with Crippen LogP contribution in [0.25, 0.3) is 0 Å². The molecule has 0 bridgehead atoms. The fourth-order valence-corrected chi connectivity index (χ4v) is 3.09. The Balaban J connectivity index is 1.48. The average Bonchev–Trinajstić information content (AvgIpc) is 3.07. The first-order valence-corrected chi connectivity index (χ1v) is 9.19. The molecule has 1 aromatic rings. The molecule has 0 spiro atoms. The van der Waals surface area contributed by atoms with Gasteiger partial charge in [0.2, 0.25) is 0 Å². The van der Waals surface area contributed by atoms with E-state index in [0.29, 0.717) is 18.6 Å². The summed E-state index contributed by atoms with van der Waals surface area (Å²) >= 11 is 0. The third kappa shape index (κ3) is 6.89. The largest absolute Gasteiger partial charge is 0.377 e. The van der Waals surface area contributed by atoms with Gasteiger partial charge < -0.3 is 15.8 Å². The second kappa shape index (κ2) is 11.0. The van der Waals surface area contributed by atoms with Gasteiger partial charge in [0.15, 0.2) is 5.96 Å². The zero-order chi connectivity index (χ0) is 17.0. The molecule has 2 rings (SSSR count). The van der Waals surface area contributed by atoms with Crippen LogP contribution >= 0.6 is 0 Å². The minimum Gasteiger partial charge on any atom is -0.377 e. The summed E-state index contributed by atoms with van der Waals surface area (Å²) in [5.74, 6) is 0.572. The van der Waals surface area contributed by atoms with Crippen LogP contribution in [-0.4, -0.2) is 49.7 Å². The molecule has 1 fully saturated rings. The fourth-order valence-electron chi connectivity index (χ4n) is 3.09. The van der Waals surface area contributed by atoms with Crippen molar-refractivity contribution in [2.24, 2.45) is 10.7 Å². The standard InChI is InChI=1S/C19H32N4O/c1-2-23-13-8-11-18(23)15-22-19(20)21-12-6-7-14-24-16-17-9-4-3-5-10-17/h3-5,9-10,18H,2,6-8,11-16H2,1H3,(H3,20,21,22). The van der Waals surface area contributed by atoms with Crippen molar-refractivity contribution in [3.05, 3.63) is 35.9 Å². The molecule has 0 aromatic heterocycles. The van der Waals surface area contributed by atoms with E-state index in [2.05, 4.69) is 34.3 Å². The number of nitrogens with two attached hydrogens (primary N) is 1. The number of aliphatic imine (C=N–C) groups is 1. The summed E-state index contributed by atoms with van der Waals surface area (Å²) < 4.78 is 5.67. The summed E-state index contributed by atoms with van der Waals surface area (Å²) in [5, 5.41) is 3.20. The normalized spacial score (nSPS) is 18.9. The molecule has 1 aliphatic heterocycles. The summed E-state index contributed by atoms with van der Waals surface area (Å²) in [6.07, 6.45) is 4.59. The Labute approximate surface area is 146 Å². The summed E-state index contributed by atoms with van der Waals surface area (Å²) in [7, 11) is 0. The lowest BCUT2D eigenvalue weighted by atomic mass is 10.2. The van der Waals surface area contributed by atoms with Crippen LogP contribution in [0.2, 0.25) is 0 Å². The minimum absolute atomic E-state index is 0.571. The predicted molar refractivity (Wildman–Crippen MR) is 100 cm³/mol. The van der Waals surface area contributed by atoms with E-state index in [4.69, 9.17) is 10.5 Å². The minimum atomic E-state index is 0.571. The van der Waals surface area contributed by atoms with Crippen molar-refractivity contribution in [2.45, 2.75) is 45.3 Å². The molecule has 0 aliphatic carbocycles. The number of unbranched alkanes of at least 4 members (excludes halogenated alkanes) is 1. The zero-order valence-corrected chi connectivity index (χ0v) is 14.9. The molecule has 0 saturated carbocycles. The van der Waals surface area contributed by atoms with E-state index in [9.17, 15) is 0 Å². The fraction of sp³-hybridized carbons (Fsp3) is 0.632. The van der Waals surface area contributed by atoms with Crippen molar-refractivity contribution < 1.29 is 4.74 Å². The highest BCUT2D eigenvalue weighted by Crippen LogP contribution is 2.16. The number of nitrogens with zero attached hydrogens (tertiary/aromatic N) is 2. The van der Waals surface area contributed by atoms with Gasteiger partial charge in [-0.05, 0) is 44.3 Å². The van der Waals surface area contributed by atoms with E-state index in [0.717, 1.165) is 39.1 Å². The number of likely N-dealkylation sites (tertiary alicyclic amines) is 1. The molecule has 1 aliphatic rings. The van der Waals surface area contributed by atoms with Crippen LogP contribution in [0.1, 0.15) is 38.2 Å². The summed E-state index contributed by atoms with van der Waals surface area (Å²) in [6.45, 7) is 7.65. The first-order valence-electron chi connectivity index (χ1n) is 9.19. The molecule has 1 unspecified atom stereocenters. The van der Waals surface area contributed by atoms with Crippen molar-refractivity contribution in [1.29, 1.82) is 0 Å². The first-order chi connectivity index (χ1) is 11.8. The van der Waals surface area contributed by atoms with E-state index >= 15 is 0 Å². The Bertz CT molecular complexity index is 478. The number of rotatable bonds is 10. The van der Waals surface area contributed by atoms with Gasteiger partial charge >= 0.3 is 0 Å². The summed E-state index contributed by atoms with van der Waals surface area (Å²) in [6, 6.07) is 10.8. The maximum atomic E-state index is 5.94. The quantitative estimate of drug-likeness (QED) is 0.392. The van der Waals surface area contributed by atoms with Crippen LogP contribution in [0.4, 0.5) is 0 Å². The topological polar surface area (TPSA) is 62.9 Å². The third-order valence-electron chi connectivity index (χ3n) is 4.51. The van der Waals surface area contributed by atoms with E-state index in [1.807, 2.05) is 18.2 Å². The van der Waals surface area contributed by atoms with Crippen molar-refractivity contribution >= 4 is 5.96 Å². The predicted octanol–water partition coefficient (Wildman–Crippen LogP) is 2.37. The van der Waals surface area contributed by atoms with Gasteiger partial charge in [-0.1, -0.05) is 37.3 Å². The highest BCUT2D eigenvalue weighted by molar-refractivity contribution is 5.77. The lowest BCUT2D eigenvalue weighted by Gasteiger charge is -2.20. The lowest BCUT2D eigenvalue weighted by Crippen LogP contribution is -2.36. The molecule has 5 nitrogen and oxygen atoms in total. The maximum absolute atomic E-state index is 5.94. The smallest absolute Gasteiger partial charge is 0.188 e. The molecule has 0 radical (unpaired) electrons. The maximum Gasteiger partial charge on any atom is 0.188 e. The molecular weight excluding hydrogens is 300 g/mol. The van der Waals surface area contributed by atoms with E-state index < -0.39 is 0 Å². The van der Waals surface area contributed by atoms with Gasteiger partial charge in [-0.2, -0.15) is 0 Å². The number of guanidine groups is 1. The van der Waals surface area contributed by atoms with Crippen LogP contribution in [0.5, 0.6) is 0 Å². The van der Waals surface area contributed by atoms with E-state index in [1.165, 1.54) is 24.9 Å². The monoisotopic (exact) mass is 332 g/mol. The van der Waals surface area contributed by atoms with Crippen LogP contribution in [0, 0.1) is 0 Å². The van der Waals surface area contributed by atoms with Crippen molar-refractivity contribution in [1.82, 2.24) is 10.2 Å². The van der Waals surface area contributed by atoms with Crippen molar-refractivity contribution in [3.63, 3.8) is 0 Å². The number of hydrogen-bond acceptors (Lipinski definition) is 3. The van der Waals surface area contributed by atoms with Gasteiger partial charge in [0, 0.05) is 19.2 Å². The van der Waals surface area contributed by atoms with Gasteiger partial charge in [0.25, 0.3) is 0 Å². The molecule has 1 atom stereocenters. The number of likely N-dealkylation sites (N-methyl/N-ethyl adjacent to an activating group) is 1. The SMILES string of the molecule is CCN1CCCC1CN=C(N)NCCCCOCc1ccccc1. The highest BCUT2D eigenvalue weighted by atomic mass is 16.5. The van der Waals surface area contributed by atoms with Crippen molar-refractivity contribution in [3.8, 4) is 0 Å². The third-order valence-corrected chi connectivity index (χ3v) is 4.51. The number of hydrogen-bond donors (Lipinski definition) is 2. The Kier molecular flexibility index (Phi) is 8.63. The van der Waals surface area contributed by atoms with Crippen LogP contribution in [0.3, 0.4) is 0 Å². The van der Waals surface area contributed by atoms with E-state index in [1.54, 1.807) is 0 Å². The zero-order valence-electron chi connectivity index (χ0n) is 14.9. The molecule has 3 N–H and O–H groups in total. The van der Waals surface area contributed by atoms with Gasteiger partial charge in [0.05, 0.1) is 13.2 Å². The molecule has 5 heteroatoms. The summed E-state index contributed by atoms with van der Waals surface area (Å²) in [5.41, 5.74) is 7.17.